The minimum absolute atomic E-state index is 0.217. The van der Waals surface area contributed by atoms with Gasteiger partial charge in [-0.15, -0.1) is 0 Å². The number of nitrogens with zero attached hydrogens (tertiary/aromatic N) is 1. The first kappa shape index (κ1) is 12.9. The molecule has 0 atom stereocenters. The van der Waals surface area contributed by atoms with E-state index in [1.54, 1.807) is 18.3 Å². The molecular weight excluding hydrogens is 268 g/mol. The van der Waals surface area contributed by atoms with Crippen molar-refractivity contribution in [2.75, 3.05) is 5.32 Å². The van der Waals surface area contributed by atoms with E-state index in [4.69, 9.17) is 0 Å². The summed E-state index contributed by atoms with van der Waals surface area (Å²) in [6.45, 7) is 0. The Morgan fingerprint density at radius 1 is 1.10 bits per heavy atom. The van der Waals surface area contributed by atoms with E-state index < -0.39 is 0 Å². The van der Waals surface area contributed by atoms with Gasteiger partial charge in [0.1, 0.15) is 5.69 Å². The van der Waals surface area contributed by atoms with Gasteiger partial charge in [0.05, 0.1) is 5.69 Å². The first-order valence-electron chi connectivity index (χ1n) is 6.33. The number of anilines is 1. The number of hydrogen-bond donors (Lipinski definition) is 3. The Balaban J connectivity index is 1.84. The molecule has 6 nitrogen and oxygen atoms in total. The van der Waals surface area contributed by atoms with E-state index in [0.29, 0.717) is 5.69 Å². The van der Waals surface area contributed by atoms with Gasteiger partial charge in [-0.3, -0.25) is 14.7 Å². The number of aromatic amines is 2. The van der Waals surface area contributed by atoms with E-state index in [-0.39, 0.29) is 17.2 Å². The summed E-state index contributed by atoms with van der Waals surface area (Å²) in [5.41, 5.74) is 2.31. The number of rotatable bonds is 3. The largest absolute Gasteiger partial charge is 0.321 e. The zero-order valence-corrected chi connectivity index (χ0v) is 11.0. The van der Waals surface area contributed by atoms with Crippen LogP contribution in [-0.2, 0) is 0 Å². The van der Waals surface area contributed by atoms with Crippen LogP contribution in [0, 0.1) is 0 Å². The third kappa shape index (κ3) is 2.89. The number of amides is 1. The molecule has 2 heterocycles. The van der Waals surface area contributed by atoms with E-state index in [0.717, 1.165) is 11.3 Å². The Labute approximate surface area is 119 Å². The molecule has 3 rings (SSSR count). The normalized spacial score (nSPS) is 10.3. The number of aromatic nitrogens is 3. The van der Waals surface area contributed by atoms with Crippen LogP contribution in [-0.4, -0.2) is 21.1 Å². The van der Waals surface area contributed by atoms with Gasteiger partial charge in [-0.2, -0.15) is 5.10 Å². The molecule has 2 aromatic heterocycles. The van der Waals surface area contributed by atoms with Crippen LogP contribution in [0.1, 0.15) is 10.5 Å². The molecule has 1 aromatic carbocycles. The third-order valence-electron chi connectivity index (χ3n) is 2.95. The van der Waals surface area contributed by atoms with Crippen molar-refractivity contribution in [3.05, 3.63) is 70.8 Å². The number of hydrogen-bond acceptors (Lipinski definition) is 3. The zero-order valence-electron chi connectivity index (χ0n) is 11.0. The van der Waals surface area contributed by atoms with Crippen molar-refractivity contribution >= 4 is 11.6 Å². The molecule has 104 valence electrons. The molecular formula is C15H12N4O2. The SMILES string of the molecule is O=C(Nc1cccc(-c2ccn[nH]2)c1)c1cccc(=O)[nH]1. The van der Waals surface area contributed by atoms with Gasteiger partial charge >= 0.3 is 0 Å². The van der Waals surface area contributed by atoms with E-state index in [2.05, 4.69) is 20.5 Å². The Bertz CT molecular complexity index is 821. The van der Waals surface area contributed by atoms with Crippen LogP contribution < -0.4 is 10.9 Å². The lowest BCUT2D eigenvalue weighted by atomic mass is 10.1. The average molecular weight is 280 g/mol. The fourth-order valence-electron chi connectivity index (χ4n) is 1.96. The second kappa shape index (κ2) is 5.46. The maximum absolute atomic E-state index is 12.1. The second-order valence-corrected chi connectivity index (χ2v) is 4.43. The molecule has 0 aliphatic rings. The lowest BCUT2D eigenvalue weighted by molar-refractivity contribution is 0.102. The van der Waals surface area contributed by atoms with Crippen LogP contribution in [0.2, 0.25) is 0 Å². The van der Waals surface area contributed by atoms with Gasteiger partial charge in [0, 0.05) is 23.5 Å². The van der Waals surface area contributed by atoms with Gasteiger partial charge in [0.2, 0.25) is 5.56 Å². The third-order valence-corrected chi connectivity index (χ3v) is 2.95. The molecule has 0 fully saturated rings. The van der Waals surface area contributed by atoms with E-state index in [1.165, 1.54) is 12.1 Å². The lowest BCUT2D eigenvalue weighted by Crippen LogP contribution is -2.17. The Morgan fingerprint density at radius 2 is 1.95 bits per heavy atom. The number of nitrogens with one attached hydrogen (secondary N) is 3. The topological polar surface area (TPSA) is 90.6 Å². The average Bonchev–Trinajstić information content (AvgIpc) is 3.02. The van der Waals surface area contributed by atoms with Gasteiger partial charge in [-0.25, -0.2) is 0 Å². The van der Waals surface area contributed by atoms with Crippen molar-refractivity contribution in [1.29, 1.82) is 0 Å². The molecule has 0 saturated carbocycles. The summed E-state index contributed by atoms with van der Waals surface area (Å²) in [7, 11) is 0. The highest BCUT2D eigenvalue weighted by Crippen LogP contribution is 2.20. The first-order chi connectivity index (χ1) is 10.2. The van der Waals surface area contributed by atoms with Gasteiger partial charge < -0.3 is 10.3 Å². The molecule has 0 unspecified atom stereocenters. The van der Waals surface area contributed by atoms with Crippen molar-refractivity contribution in [2.45, 2.75) is 0 Å². The number of carbonyl (C=O) groups excluding carboxylic acids is 1. The van der Waals surface area contributed by atoms with Crippen molar-refractivity contribution in [1.82, 2.24) is 15.2 Å². The van der Waals surface area contributed by atoms with Crippen LogP contribution in [0.3, 0.4) is 0 Å². The standard InChI is InChI=1S/C15H12N4O2/c20-14-6-2-5-13(18-14)15(21)17-11-4-1-3-10(9-11)12-7-8-16-19-12/h1-9H,(H,16,19)(H,17,21)(H,18,20). The summed E-state index contributed by atoms with van der Waals surface area (Å²) in [4.78, 5) is 25.8. The summed E-state index contributed by atoms with van der Waals surface area (Å²) in [5, 5.41) is 9.50. The molecule has 0 aliphatic carbocycles. The fourth-order valence-corrected chi connectivity index (χ4v) is 1.96. The minimum atomic E-state index is -0.366. The summed E-state index contributed by atoms with van der Waals surface area (Å²) in [6, 6.07) is 13.6. The van der Waals surface area contributed by atoms with Crippen LogP contribution in [0.25, 0.3) is 11.3 Å². The predicted octanol–water partition coefficient (Wildman–Crippen LogP) is 2.02. The molecule has 0 aliphatic heterocycles. The fraction of sp³-hybridized carbons (Fsp3) is 0. The molecule has 3 N–H and O–H groups in total. The number of pyridine rings is 1. The Hall–Kier alpha value is -3.15. The summed E-state index contributed by atoms with van der Waals surface area (Å²) >= 11 is 0. The monoisotopic (exact) mass is 280 g/mol. The van der Waals surface area contributed by atoms with E-state index in [1.807, 2.05) is 24.3 Å². The maximum atomic E-state index is 12.1. The molecule has 0 saturated heterocycles. The van der Waals surface area contributed by atoms with Crippen LogP contribution in [0.5, 0.6) is 0 Å². The smallest absolute Gasteiger partial charge is 0.272 e. The number of carbonyl (C=O) groups is 1. The number of benzene rings is 1. The highest BCUT2D eigenvalue weighted by atomic mass is 16.2. The molecule has 0 spiro atoms. The van der Waals surface area contributed by atoms with E-state index in [9.17, 15) is 9.59 Å². The Kier molecular flexibility index (Phi) is 3.34. The van der Waals surface area contributed by atoms with Crippen molar-refractivity contribution in [3.8, 4) is 11.3 Å². The van der Waals surface area contributed by atoms with E-state index >= 15 is 0 Å². The summed E-state index contributed by atoms with van der Waals surface area (Å²) in [5.74, 6) is -0.366. The van der Waals surface area contributed by atoms with Crippen LogP contribution in [0.4, 0.5) is 5.69 Å². The molecule has 21 heavy (non-hydrogen) atoms. The Morgan fingerprint density at radius 3 is 2.71 bits per heavy atom. The molecule has 1 amide bonds. The van der Waals surface area contributed by atoms with Gasteiger partial charge in [0.15, 0.2) is 0 Å². The maximum Gasteiger partial charge on any atom is 0.272 e. The molecule has 0 bridgehead atoms. The summed E-state index contributed by atoms with van der Waals surface area (Å²) in [6.07, 6.45) is 1.66. The minimum Gasteiger partial charge on any atom is -0.321 e. The first-order valence-corrected chi connectivity index (χ1v) is 6.33. The predicted molar refractivity (Wildman–Crippen MR) is 79.0 cm³/mol. The number of H-pyrrole nitrogens is 2. The molecule has 3 aromatic rings. The quantitative estimate of drug-likeness (QED) is 0.685. The molecule has 0 radical (unpaired) electrons. The highest BCUT2D eigenvalue weighted by Gasteiger charge is 2.07. The lowest BCUT2D eigenvalue weighted by Gasteiger charge is -2.06. The highest BCUT2D eigenvalue weighted by molar-refractivity contribution is 6.03. The van der Waals surface area contributed by atoms with Gasteiger partial charge in [0.25, 0.3) is 5.91 Å². The summed E-state index contributed by atoms with van der Waals surface area (Å²) < 4.78 is 0. The second-order valence-electron chi connectivity index (χ2n) is 4.43. The van der Waals surface area contributed by atoms with Crippen LogP contribution in [0.15, 0.2) is 59.5 Å². The van der Waals surface area contributed by atoms with Gasteiger partial charge in [-0.1, -0.05) is 18.2 Å². The molecule has 6 heteroatoms. The van der Waals surface area contributed by atoms with Crippen molar-refractivity contribution < 1.29 is 4.79 Å². The van der Waals surface area contributed by atoms with Gasteiger partial charge in [-0.05, 0) is 24.3 Å². The van der Waals surface area contributed by atoms with Crippen molar-refractivity contribution in [3.63, 3.8) is 0 Å². The van der Waals surface area contributed by atoms with Crippen molar-refractivity contribution in [2.24, 2.45) is 0 Å². The van der Waals surface area contributed by atoms with Crippen LogP contribution >= 0.6 is 0 Å². The zero-order chi connectivity index (χ0) is 14.7.